The number of aromatic hydroxyl groups is 1. The van der Waals surface area contributed by atoms with Gasteiger partial charge >= 0.3 is 11.9 Å². The summed E-state index contributed by atoms with van der Waals surface area (Å²) in [7, 11) is -4.15. The zero-order valence-corrected chi connectivity index (χ0v) is 23.2. The molecule has 1 amide bonds. The van der Waals surface area contributed by atoms with Gasteiger partial charge in [0.15, 0.2) is 5.78 Å². The van der Waals surface area contributed by atoms with E-state index >= 15 is 0 Å². The number of hydrogen-bond acceptors (Lipinski definition) is 8. The van der Waals surface area contributed by atoms with Crippen LogP contribution in [-0.4, -0.2) is 53.4 Å². The van der Waals surface area contributed by atoms with Gasteiger partial charge in [-0.2, -0.15) is 0 Å². The van der Waals surface area contributed by atoms with Crippen LogP contribution in [0.1, 0.15) is 49.7 Å². The van der Waals surface area contributed by atoms with Crippen LogP contribution in [0.4, 0.5) is 0 Å². The number of Topliss-reactive ketones (excluding diaryl/α,β-unsaturated/α-hetero) is 1. The molecular formula is C26H25ClN2O9S2. The van der Waals surface area contributed by atoms with Crippen molar-refractivity contribution in [3.63, 3.8) is 0 Å². The van der Waals surface area contributed by atoms with E-state index in [1.54, 1.807) is 12.1 Å². The Morgan fingerprint density at radius 1 is 1.00 bits per heavy atom. The Kier molecular flexibility index (Phi) is 10.4. The number of benzene rings is 2. The van der Waals surface area contributed by atoms with E-state index in [2.05, 4.69) is 10.0 Å². The van der Waals surface area contributed by atoms with E-state index in [4.69, 9.17) is 16.7 Å². The SMILES string of the molecule is O=C(O)C[C@H](NC(=O)c1ccc(CNS(=O)(=O)c2ccc(O)c(C(=O)O)c2)s1)C(=O)CCCc1ccccc1Cl. The van der Waals surface area contributed by atoms with E-state index in [0.29, 0.717) is 22.7 Å². The van der Waals surface area contributed by atoms with Gasteiger partial charge in [0.05, 0.1) is 22.2 Å². The topological polar surface area (TPSA) is 187 Å². The average molecular weight is 609 g/mol. The van der Waals surface area contributed by atoms with Crippen molar-refractivity contribution in [1.82, 2.24) is 10.0 Å². The zero-order chi connectivity index (χ0) is 29.4. The Hall–Kier alpha value is -3.78. The van der Waals surface area contributed by atoms with Crippen LogP contribution >= 0.6 is 22.9 Å². The first-order valence-electron chi connectivity index (χ1n) is 11.8. The lowest BCUT2D eigenvalue weighted by molar-refractivity contribution is -0.139. The fourth-order valence-electron chi connectivity index (χ4n) is 3.68. The Morgan fingerprint density at radius 3 is 2.40 bits per heavy atom. The monoisotopic (exact) mass is 608 g/mol. The Balaban J connectivity index is 1.61. The number of carboxylic acid groups (broad SMARTS) is 2. The van der Waals surface area contributed by atoms with Gasteiger partial charge in [-0.25, -0.2) is 17.9 Å². The number of rotatable bonds is 14. The van der Waals surface area contributed by atoms with Gasteiger partial charge in [0.1, 0.15) is 11.3 Å². The molecule has 0 saturated heterocycles. The number of sulfonamides is 1. The molecule has 0 bridgehead atoms. The molecule has 40 heavy (non-hydrogen) atoms. The average Bonchev–Trinajstić information content (AvgIpc) is 3.37. The van der Waals surface area contributed by atoms with Crippen molar-refractivity contribution >= 4 is 56.6 Å². The quantitative estimate of drug-likeness (QED) is 0.183. The molecule has 0 fully saturated rings. The van der Waals surface area contributed by atoms with Gasteiger partial charge in [-0.05, 0) is 54.8 Å². The van der Waals surface area contributed by atoms with Gasteiger partial charge < -0.3 is 20.6 Å². The third-order valence-corrected chi connectivity index (χ3v) is 8.58. The third-order valence-electron chi connectivity index (χ3n) is 5.73. The first-order valence-corrected chi connectivity index (χ1v) is 14.5. The molecule has 0 aliphatic rings. The number of ketones is 1. The van der Waals surface area contributed by atoms with E-state index < -0.39 is 57.4 Å². The summed E-state index contributed by atoms with van der Waals surface area (Å²) in [5.41, 5.74) is 0.276. The van der Waals surface area contributed by atoms with Crippen molar-refractivity contribution in [1.29, 1.82) is 0 Å². The Bertz CT molecular complexity index is 1540. The minimum Gasteiger partial charge on any atom is -0.507 e. The number of phenols is 1. The molecular weight excluding hydrogens is 584 g/mol. The zero-order valence-electron chi connectivity index (χ0n) is 20.8. The molecule has 3 aromatic rings. The van der Waals surface area contributed by atoms with Crippen LogP contribution in [0.3, 0.4) is 0 Å². The summed E-state index contributed by atoms with van der Waals surface area (Å²) < 4.78 is 27.5. The molecule has 0 aliphatic heterocycles. The molecule has 0 radical (unpaired) electrons. The minimum absolute atomic E-state index is 0.0295. The molecule has 11 nitrogen and oxygen atoms in total. The predicted molar refractivity (Wildman–Crippen MR) is 146 cm³/mol. The van der Waals surface area contributed by atoms with Gasteiger partial charge in [0.2, 0.25) is 10.0 Å². The summed E-state index contributed by atoms with van der Waals surface area (Å²) in [5.74, 6) is -4.47. The molecule has 3 rings (SSSR count). The second kappa shape index (κ2) is 13.5. The number of carbonyl (C=O) groups is 4. The summed E-state index contributed by atoms with van der Waals surface area (Å²) in [4.78, 5) is 48.2. The molecule has 0 saturated carbocycles. The van der Waals surface area contributed by atoms with Gasteiger partial charge in [-0.15, -0.1) is 11.3 Å². The van der Waals surface area contributed by atoms with Crippen LogP contribution in [-0.2, 0) is 32.6 Å². The third kappa shape index (κ3) is 8.36. The molecule has 0 spiro atoms. The lowest BCUT2D eigenvalue weighted by atomic mass is 10.0. The normalized spacial score (nSPS) is 12.0. The van der Waals surface area contributed by atoms with E-state index in [-0.39, 0.29) is 22.7 Å². The molecule has 1 atom stereocenters. The van der Waals surface area contributed by atoms with Gasteiger partial charge in [-0.1, -0.05) is 29.8 Å². The van der Waals surface area contributed by atoms with Crippen LogP contribution < -0.4 is 10.0 Å². The summed E-state index contributed by atoms with van der Waals surface area (Å²) in [5, 5.41) is 30.9. The highest BCUT2D eigenvalue weighted by Gasteiger charge is 2.25. The summed E-state index contributed by atoms with van der Waals surface area (Å²) in [6.45, 7) is -0.233. The van der Waals surface area contributed by atoms with Gasteiger partial charge in [0.25, 0.3) is 5.91 Å². The second-order valence-electron chi connectivity index (χ2n) is 8.61. The number of carbonyl (C=O) groups excluding carboxylic acids is 2. The van der Waals surface area contributed by atoms with Crippen LogP contribution in [0.5, 0.6) is 5.75 Å². The van der Waals surface area contributed by atoms with Crippen LogP contribution in [0.15, 0.2) is 59.5 Å². The van der Waals surface area contributed by atoms with Crippen molar-refractivity contribution in [3.8, 4) is 5.75 Å². The second-order valence-corrected chi connectivity index (χ2v) is 12.0. The van der Waals surface area contributed by atoms with Crippen molar-refractivity contribution in [3.05, 3.63) is 80.5 Å². The standard InChI is InChI=1S/C26H25ClN2O9S2/c27-19-6-2-1-4-15(19)5-3-7-22(31)20(13-24(32)33)29-25(34)23-11-8-16(39-23)14-28-40(37,38)17-9-10-21(30)18(12-17)26(35)36/h1-2,4,6,8-12,20,28,30H,3,5,7,13-14H2,(H,29,34)(H,32,33)(H,35,36)/t20-/m0/s1. The van der Waals surface area contributed by atoms with Gasteiger partial charge in [-0.3, -0.25) is 14.4 Å². The smallest absolute Gasteiger partial charge is 0.339 e. The Morgan fingerprint density at radius 2 is 1.73 bits per heavy atom. The van der Waals surface area contributed by atoms with E-state index in [1.807, 2.05) is 12.1 Å². The summed E-state index contributed by atoms with van der Waals surface area (Å²) in [6.07, 6.45) is 0.347. The van der Waals surface area contributed by atoms with Crippen LogP contribution in [0.2, 0.25) is 5.02 Å². The lowest BCUT2D eigenvalue weighted by Gasteiger charge is -2.15. The highest BCUT2D eigenvalue weighted by atomic mass is 35.5. The molecule has 1 heterocycles. The highest BCUT2D eigenvalue weighted by molar-refractivity contribution is 7.89. The van der Waals surface area contributed by atoms with Gasteiger partial charge in [0, 0.05) is 22.9 Å². The number of aliphatic carboxylic acids is 1. The molecule has 212 valence electrons. The number of aryl methyl sites for hydroxylation is 1. The fourth-order valence-corrected chi connectivity index (χ4v) is 5.88. The molecule has 1 aromatic heterocycles. The van der Waals surface area contributed by atoms with Crippen LogP contribution in [0.25, 0.3) is 0 Å². The number of carboxylic acids is 2. The summed E-state index contributed by atoms with van der Waals surface area (Å²) in [6, 6.07) is 11.6. The molecule has 0 unspecified atom stereocenters. The maximum absolute atomic E-state index is 12.8. The number of amides is 1. The molecule has 14 heteroatoms. The number of nitrogens with one attached hydrogen (secondary N) is 2. The van der Waals surface area contributed by atoms with Crippen molar-refractivity contribution in [2.24, 2.45) is 0 Å². The van der Waals surface area contributed by atoms with E-state index in [1.165, 1.54) is 12.1 Å². The first kappa shape index (κ1) is 30.8. The number of aromatic carboxylic acids is 1. The Labute approximate surface area is 238 Å². The molecule has 2 aromatic carbocycles. The van der Waals surface area contributed by atoms with Crippen molar-refractivity contribution < 1.29 is 42.9 Å². The number of hydrogen-bond donors (Lipinski definition) is 5. The van der Waals surface area contributed by atoms with E-state index in [0.717, 1.165) is 35.1 Å². The largest absolute Gasteiger partial charge is 0.507 e. The first-order chi connectivity index (χ1) is 18.9. The maximum atomic E-state index is 12.8. The predicted octanol–water partition coefficient (Wildman–Crippen LogP) is 3.45. The van der Waals surface area contributed by atoms with Crippen LogP contribution in [0, 0.1) is 0 Å². The maximum Gasteiger partial charge on any atom is 0.339 e. The molecule has 0 aliphatic carbocycles. The van der Waals surface area contributed by atoms with Crippen molar-refractivity contribution in [2.75, 3.05) is 0 Å². The molecule has 5 N–H and O–H groups in total. The minimum atomic E-state index is -4.15. The lowest BCUT2D eigenvalue weighted by Crippen LogP contribution is -2.42. The number of halogens is 1. The van der Waals surface area contributed by atoms with Crippen molar-refractivity contribution in [2.45, 2.75) is 43.2 Å². The van der Waals surface area contributed by atoms with E-state index in [9.17, 15) is 37.8 Å². The highest BCUT2D eigenvalue weighted by Crippen LogP contribution is 2.23. The summed E-state index contributed by atoms with van der Waals surface area (Å²) >= 11 is 7.05. The number of thiophene rings is 1. The fraction of sp³-hybridized carbons (Fsp3) is 0.231.